The number of rotatable bonds is 3. The molecule has 1 aromatic heterocycles. The zero-order chi connectivity index (χ0) is 13.9. The first-order valence-corrected chi connectivity index (χ1v) is 6.53. The quantitative estimate of drug-likeness (QED) is 0.775. The van der Waals surface area contributed by atoms with Gasteiger partial charge in [0, 0.05) is 12.3 Å². The minimum absolute atomic E-state index is 0.485. The number of benzene rings is 2. The molecule has 2 aromatic carbocycles. The first-order valence-electron chi connectivity index (χ1n) is 6.53. The van der Waals surface area contributed by atoms with Crippen molar-refractivity contribution in [3.8, 4) is 11.6 Å². The van der Waals surface area contributed by atoms with Crippen molar-refractivity contribution in [3.05, 3.63) is 66.4 Å². The molecule has 1 unspecified atom stereocenters. The first-order chi connectivity index (χ1) is 9.72. The number of aromatic nitrogens is 1. The third-order valence-electron chi connectivity index (χ3n) is 3.18. The van der Waals surface area contributed by atoms with E-state index >= 15 is 0 Å². The van der Waals surface area contributed by atoms with Gasteiger partial charge >= 0.3 is 0 Å². The van der Waals surface area contributed by atoms with Crippen LogP contribution in [-0.4, -0.2) is 10.1 Å². The van der Waals surface area contributed by atoms with Crippen LogP contribution < -0.4 is 4.74 Å². The average Bonchev–Trinajstić information content (AvgIpc) is 2.47. The van der Waals surface area contributed by atoms with E-state index in [0.717, 1.165) is 16.7 Å². The second-order valence-electron chi connectivity index (χ2n) is 4.71. The van der Waals surface area contributed by atoms with Gasteiger partial charge < -0.3 is 9.84 Å². The highest BCUT2D eigenvalue weighted by Crippen LogP contribution is 2.25. The van der Waals surface area contributed by atoms with Crippen LogP contribution in [-0.2, 0) is 0 Å². The molecule has 0 aliphatic carbocycles. The molecule has 0 spiro atoms. The zero-order valence-electron chi connectivity index (χ0n) is 11.2. The zero-order valence-corrected chi connectivity index (χ0v) is 11.2. The number of aliphatic hydroxyl groups is 1. The number of pyridine rings is 1. The largest absolute Gasteiger partial charge is 0.439 e. The minimum Gasteiger partial charge on any atom is -0.439 e. The van der Waals surface area contributed by atoms with Crippen molar-refractivity contribution in [3.63, 3.8) is 0 Å². The van der Waals surface area contributed by atoms with Gasteiger partial charge in [-0.1, -0.05) is 30.3 Å². The van der Waals surface area contributed by atoms with E-state index in [9.17, 15) is 5.11 Å². The van der Waals surface area contributed by atoms with Crippen LogP contribution in [0.4, 0.5) is 0 Å². The first kappa shape index (κ1) is 12.6. The van der Waals surface area contributed by atoms with Gasteiger partial charge in [-0.25, -0.2) is 4.98 Å². The highest BCUT2D eigenvalue weighted by molar-refractivity contribution is 5.83. The van der Waals surface area contributed by atoms with Crippen LogP contribution in [0, 0.1) is 0 Å². The van der Waals surface area contributed by atoms with E-state index in [0.29, 0.717) is 5.88 Å². The van der Waals surface area contributed by atoms with Gasteiger partial charge in [-0.3, -0.25) is 0 Å². The van der Waals surface area contributed by atoms with Crippen LogP contribution in [0.15, 0.2) is 60.8 Å². The molecule has 0 amide bonds. The summed E-state index contributed by atoms with van der Waals surface area (Å²) in [4.78, 5) is 4.16. The lowest BCUT2D eigenvalue weighted by Crippen LogP contribution is -1.94. The highest BCUT2D eigenvalue weighted by Gasteiger charge is 2.05. The number of ether oxygens (including phenoxy) is 1. The van der Waals surface area contributed by atoms with Crippen molar-refractivity contribution in [2.45, 2.75) is 13.0 Å². The molecule has 1 N–H and O–H groups in total. The van der Waals surface area contributed by atoms with Crippen molar-refractivity contribution in [2.75, 3.05) is 0 Å². The third-order valence-corrected chi connectivity index (χ3v) is 3.18. The summed E-state index contributed by atoms with van der Waals surface area (Å²) >= 11 is 0. The molecular weight excluding hydrogens is 250 g/mol. The summed E-state index contributed by atoms with van der Waals surface area (Å²) in [6, 6.07) is 17.5. The Hall–Kier alpha value is -2.39. The Morgan fingerprint density at radius 3 is 2.60 bits per heavy atom. The highest BCUT2D eigenvalue weighted by atomic mass is 16.5. The fraction of sp³-hybridized carbons (Fsp3) is 0.118. The second-order valence-corrected chi connectivity index (χ2v) is 4.71. The minimum atomic E-state index is -0.531. The van der Waals surface area contributed by atoms with E-state index in [1.807, 2.05) is 36.4 Å². The SMILES string of the molecule is CC(O)c1ccnc(Oc2ccc3ccccc3c2)c1. The Morgan fingerprint density at radius 2 is 1.80 bits per heavy atom. The van der Waals surface area contributed by atoms with Crippen LogP contribution in [0.3, 0.4) is 0 Å². The molecule has 3 aromatic rings. The Morgan fingerprint density at radius 1 is 1.00 bits per heavy atom. The standard InChI is InChI=1S/C17H15NO2/c1-12(19)14-8-9-18-17(11-14)20-16-7-6-13-4-2-3-5-15(13)10-16/h2-12,19H,1H3. The van der Waals surface area contributed by atoms with Gasteiger partial charge in [0.05, 0.1) is 6.10 Å². The molecule has 0 saturated heterocycles. The van der Waals surface area contributed by atoms with Crippen molar-refractivity contribution in [2.24, 2.45) is 0 Å². The van der Waals surface area contributed by atoms with E-state index in [1.54, 1.807) is 25.3 Å². The van der Waals surface area contributed by atoms with Crippen molar-refractivity contribution >= 4 is 10.8 Å². The predicted octanol–water partition coefficient (Wildman–Crippen LogP) is 4.08. The monoisotopic (exact) mass is 265 g/mol. The molecule has 0 fully saturated rings. The molecule has 100 valence electrons. The summed E-state index contributed by atoms with van der Waals surface area (Å²) in [5, 5.41) is 11.9. The topological polar surface area (TPSA) is 42.4 Å². The van der Waals surface area contributed by atoms with Gasteiger partial charge in [0.25, 0.3) is 0 Å². The maximum absolute atomic E-state index is 9.57. The summed E-state index contributed by atoms with van der Waals surface area (Å²) in [6.45, 7) is 1.72. The average molecular weight is 265 g/mol. The second kappa shape index (κ2) is 5.31. The van der Waals surface area contributed by atoms with Crippen LogP contribution in [0.2, 0.25) is 0 Å². The molecular formula is C17H15NO2. The fourth-order valence-electron chi connectivity index (χ4n) is 2.09. The smallest absolute Gasteiger partial charge is 0.219 e. The number of hydrogen-bond donors (Lipinski definition) is 1. The lowest BCUT2D eigenvalue weighted by Gasteiger charge is -2.09. The number of nitrogens with zero attached hydrogens (tertiary/aromatic N) is 1. The Bertz CT molecular complexity index is 738. The molecule has 3 nitrogen and oxygen atoms in total. The van der Waals surface area contributed by atoms with Crippen molar-refractivity contribution in [1.29, 1.82) is 0 Å². The van der Waals surface area contributed by atoms with Gasteiger partial charge in [-0.15, -0.1) is 0 Å². The van der Waals surface area contributed by atoms with Crippen molar-refractivity contribution in [1.82, 2.24) is 4.98 Å². The molecule has 3 heteroatoms. The molecule has 1 atom stereocenters. The molecule has 0 aliphatic heterocycles. The lowest BCUT2D eigenvalue weighted by molar-refractivity contribution is 0.198. The maximum atomic E-state index is 9.57. The summed E-state index contributed by atoms with van der Waals surface area (Å²) in [5.74, 6) is 1.22. The third kappa shape index (κ3) is 2.63. The summed E-state index contributed by atoms with van der Waals surface area (Å²) in [6.07, 6.45) is 1.11. The number of hydrogen-bond acceptors (Lipinski definition) is 3. The fourth-order valence-corrected chi connectivity index (χ4v) is 2.09. The van der Waals surface area contributed by atoms with Gasteiger partial charge in [-0.05, 0) is 41.5 Å². The van der Waals surface area contributed by atoms with Crippen LogP contribution in [0.5, 0.6) is 11.6 Å². The Kier molecular flexibility index (Phi) is 3.35. The Labute approximate surface area is 117 Å². The van der Waals surface area contributed by atoms with Crippen LogP contribution in [0.1, 0.15) is 18.6 Å². The van der Waals surface area contributed by atoms with Gasteiger partial charge in [0.2, 0.25) is 5.88 Å². The van der Waals surface area contributed by atoms with Gasteiger partial charge in [-0.2, -0.15) is 0 Å². The molecule has 20 heavy (non-hydrogen) atoms. The summed E-state index contributed by atoms with van der Waals surface area (Å²) in [5.41, 5.74) is 0.788. The predicted molar refractivity (Wildman–Crippen MR) is 78.9 cm³/mol. The van der Waals surface area contributed by atoms with Gasteiger partial charge in [0.15, 0.2) is 0 Å². The summed E-state index contributed by atoms with van der Waals surface area (Å²) in [7, 11) is 0. The number of fused-ring (bicyclic) bond motifs is 1. The maximum Gasteiger partial charge on any atom is 0.219 e. The lowest BCUT2D eigenvalue weighted by atomic mass is 10.1. The number of aliphatic hydroxyl groups excluding tert-OH is 1. The van der Waals surface area contributed by atoms with E-state index in [2.05, 4.69) is 11.1 Å². The van der Waals surface area contributed by atoms with Crippen LogP contribution in [0.25, 0.3) is 10.8 Å². The van der Waals surface area contributed by atoms with E-state index < -0.39 is 6.10 Å². The van der Waals surface area contributed by atoms with Gasteiger partial charge in [0.1, 0.15) is 5.75 Å². The summed E-state index contributed by atoms with van der Waals surface area (Å²) < 4.78 is 5.76. The van der Waals surface area contributed by atoms with E-state index in [1.165, 1.54) is 5.39 Å². The van der Waals surface area contributed by atoms with E-state index in [4.69, 9.17) is 4.74 Å². The van der Waals surface area contributed by atoms with Crippen LogP contribution >= 0.6 is 0 Å². The van der Waals surface area contributed by atoms with E-state index in [-0.39, 0.29) is 0 Å². The molecule has 3 rings (SSSR count). The normalized spacial score (nSPS) is 12.3. The van der Waals surface area contributed by atoms with Crippen molar-refractivity contribution < 1.29 is 9.84 Å². The molecule has 0 aliphatic rings. The Balaban J connectivity index is 1.90. The molecule has 0 radical (unpaired) electrons. The molecule has 1 heterocycles. The molecule has 0 bridgehead atoms. The molecule has 0 saturated carbocycles.